The Morgan fingerprint density at radius 2 is 1.81 bits per heavy atom. The molecule has 1 fully saturated rings. The van der Waals surface area contributed by atoms with Crippen molar-refractivity contribution in [2.45, 2.75) is 38.6 Å². The molecule has 0 saturated carbocycles. The number of rotatable bonds is 9. The summed E-state index contributed by atoms with van der Waals surface area (Å²) < 4.78 is 10.7. The second-order valence-electron chi connectivity index (χ2n) is 7.95. The van der Waals surface area contributed by atoms with Crippen molar-refractivity contribution >= 4 is 35.6 Å². The molecule has 1 heterocycles. The van der Waals surface area contributed by atoms with Gasteiger partial charge in [0.15, 0.2) is 17.5 Å². The average molecular weight is 553 g/mol. The topological polar surface area (TPSA) is 58.1 Å². The van der Waals surface area contributed by atoms with E-state index in [4.69, 9.17) is 9.47 Å². The van der Waals surface area contributed by atoms with Crippen molar-refractivity contribution in [3.8, 4) is 11.5 Å². The molecular formula is C25H37IN4O2. The van der Waals surface area contributed by atoms with Gasteiger partial charge in [-0.3, -0.25) is 4.99 Å². The van der Waals surface area contributed by atoms with Crippen LogP contribution in [0.1, 0.15) is 43.4 Å². The largest absolute Gasteiger partial charge is 0.493 e. The van der Waals surface area contributed by atoms with E-state index in [9.17, 15) is 0 Å². The van der Waals surface area contributed by atoms with Crippen LogP contribution in [0.4, 0.5) is 5.69 Å². The van der Waals surface area contributed by atoms with Gasteiger partial charge in [0.05, 0.1) is 20.3 Å². The molecule has 0 bridgehead atoms. The van der Waals surface area contributed by atoms with Crippen molar-refractivity contribution in [2.24, 2.45) is 4.99 Å². The molecular weight excluding hydrogens is 515 g/mol. The lowest BCUT2D eigenvalue weighted by molar-refractivity contribution is 0.354. The van der Waals surface area contributed by atoms with E-state index in [0.717, 1.165) is 49.9 Å². The molecule has 32 heavy (non-hydrogen) atoms. The normalized spacial score (nSPS) is 14.5. The van der Waals surface area contributed by atoms with Crippen LogP contribution in [0.25, 0.3) is 0 Å². The van der Waals surface area contributed by atoms with E-state index in [1.54, 1.807) is 14.2 Å². The zero-order chi connectivity index (χ0) is 22.1. The van der Waals surface area contributed by atoms with Crippen molar-refractivity contribution in [1.29, 1.82) is 0 Å². The van der Waals surface area contributed by atoms with Gasteiger partial charge in [-0.15, -0.1) is 24.0 Å². The summed E-state index contributed by atoms with van der Waals surface area (Å²) in [6, 6.07) is 15.1. The molecule has 0 amide bonds. The fourth-order valence-corrected chi connectivity index (χ4v) is 3.98. The van der Waals surface area contributed by atoms with Crippen molar-refractivity contribution in [2.75, 3.05) is 45.8 Å². The minimum atomic E-state index is 0. The van der Waals surface area contributed by atoms with Gasteiger partial charge in [-0.2, -0.15) is 0 Å². The van der Waals surface area contributed by atoms with Crippen LogP contribution < -0.4 is 25.0 Å². The summed E-state index contributed by atoms with van der Waals surface area (Å²) in [6.45, 7) is 5.34. The molecule has 2 aromatic carbocycles. The van der Waals surface area contributed by atoms with Crippen LogP contribution in [-0.4, -0.2) is 46.9 Å². The number of nitrogens with one attached hydrogen (secondary N) is 2. The lowest BCUT2D eigenvalue weighted by Gasteiger charge is -2.22. The number of aliphatic imine (C=N–C) groups is 1. The van der Waals surface area contributed by atoms with Crippen molar-refractivity contribution < 1.29 is 9.47 Å². The van der Waals surface area contributed by atoms with Gasteiger partial charge in [0.2, 0.25) is 0 Å². The van der Waals surface area contributed by atoms with Crippen LogP contribution in [0.15, 0.2) is 47.5 Å². The number of ether oxygens (including phenoxy) is 2. The number of halogens is 1. The molecule has 1 aliphatic heterocycles. The third-order valence-electron chi connectivity index (χ3n) is 5.80. The number of hydrogen-bond acceptors (Lipinski definition) is 4. The quantitative estimate of drug-likeness (QED) is 0.203. The summed E-state index contributed by atoms with van der Waals surface area (Å²) in [4.78, 5) is 6.87. The van der Waals surface area contributed by atoms with Crippen molar-refractivity contribution in [1.82, 2.24) is 10.6 Å². The minimum absolute atomic E-state index is 0. The van der Waals surface area contributed by atoms with Gasteiger partial charge in [0.1, 0.15) is 0 Å². The SMILES string of the molecule is CN=C(NCCCc1ccc(OC)c(OC)c1)NC(C)c1cccc(N2CCCC2)c1.I. The predicted octanol–water partition coefficient (Wildman–Crippen LogP) is 4.78. The molecule has 0 radical (unpaired) electrons. The summed E-state index contributed by atoms with van der Waals surface area (Å²) >= 11 is 0. The fourth-order valence-electron chi connectivity index (χ4n) is 3.98. The second kappa shape index (κ2) is 13.4. The average Bonchev–Trinajstić information content (AvgIpc) is 3.36. The molecule has 1 saturated heterocycles. The minimum Gasteiger partial charge on any atom is -0.493 e. The lowest BCUT2D eigenvalue weighted by atomic mass is 10.1. The van der Waals surface area contributed by atoms with E-state index < -0.39 is 0 Å². The third-order valence-corrected chi connectivity index (χ3v) is 5.80. The maximum Gasteiger partial charge on any atom is 0.191 e. The standard InChI is InChI=1S/C25H36N4O2.HI/c1-19(21-10-7-11-22(18-21)29-15-5-6-16-29)28-25(26-2)27-14-8-9-20-12-13-23(30-3)24(17-20)31-4;/h7,10-13,17-19H,5-6,8-9,14-16H2,1-4H3,(H2,26,27,28);1H. The van der Waals surface area contributed by atoms with E-state index in [1.807, 2.05) is 19.2 Å². The van der Waals surface area contributed by atoms with Crippen LogP contribution in [0.2, 0.25) is 0 Å². The first-order valence-electron chi connectivity index (χ1n) is 11.2. The Labute approximate surface area is 209 Å². The van der Waals surface area contributed by atoms with E-state index in [2.05, 4.69) is 57.8 Å². The zero-order valence-corrected chi connectivity index (χ0v) is 22.0. The molecule has 1 atom stereocenters. The maximum atomic E-state index is 5.39. The molecule has 0 aromatic heterocycles. The van der Waals surface area contributed by atoms with Crippen LogP contribution >= 0.6 is 24.0 Å². The second-order valence-corrected chi connectivity index (χ2v) is 7.95. The molecule has 3 rings (SSSR count). The van der Waals surface area contributed by atoms with Gasteiger partial charge < -0.3 is 25.0 Å². The van der Waals surface area contributed by atoms with Crippen molar-refractivity contribution in [3.05, 3.63) is 53.6 Å². The Bertz CT molecular complexity index is 869. The molecule has 7 heteroatoms. The summed E-state index contributed by atoms with van der Waals surface area (Å²) in [5.74, 6) is 2.36. The summed E-state index contributed by atoms with van der Waals surface area (Å²) in [5.41, 5.74) is 3.83. The van der Waals surface area contributed by atoms with Crippen LogP contribution in [0, 0.1) is 0 Å². The molecule has 2 aromatic rings. The van der Waals surface area contributed by atoms with E-state index in [0.29, 0.717) is 0 Å². The van der Waals surface area contributed by atoms with Crippen LogP contribution in [-0.2, 0) is 6.42 Å². The van der Waals surface area contributed by atoms with Crippen LogP contribution in [0.3, 0.4) is 0 Å². The van der Waals surface area contributed by atoms with Gasteiger partial charge in [0.25, 0.3) is 0 Å². The molecule has 176 valence electrons. The maximum absolute atomic E-state index is 5.39. The lowest BCUT2D eigenvalue weighted by Crippen LogP contribution is -2.39. The number of guanidine groups is 1. The monoisotopic (exact) mass is 552 g/mol. The fraction of sp³-hybridized carbons (Fsp3) is 0.480. The van der Waals surface area contributed by atoms with Gasteiger partial charge in [-0.1, -0.05) is 18.2 Å². The first kappa shape index (κ1) is 26.1. The molecule has 0 spiro atoms. The molecule has 1 aliphatic rings. The highest BCUT2D eigenvalue weighted by Gasteiger charge is 2.14. The molecule has 0 aliphatic carbocycles. The number of anilines is 1. The third kappa shape index (κ3) is 7.18. The van der Waals surface area contributed by atoms with E-state index >= 15 is 0 Å². The highest BCUT2D eigenvalue weighted by molar-refractivity contribution is 14.0. The molecule has 1 unspecified atom stereocenters. The van der Waals surface area contributed by atoms with Crippen molar-refractivity contribution in [3.63, 3.8) is 0 Å². The number of benzene rings is 2. The number of aryl methyl sites for hydroxylation is 1. The van der Waals surface area contributed by atoms with Crippen LogP contribution in [0.5, 0.6) is 11.5 Å². The highest BCUT2D eigenvalue weighted by Crippen LogP contribution is 2.28. The molecule has 6 nitrogen and oxygen atoms in total. The first-order valence-corrected chi connectivity index (χ1v) is 11.2. The number of methoxy groups -OCH3 is 2. The Hall–Kier alpha value is -2.16. The molecule has 2 N–H and O–H groups in total. The Morgan fingerprint density at radius 3 is 2.50 bits per heavy atom. The van der Waals surface area contributed by atoms with Gasteiger partial charge >= 0.3 is 0 Å². The van der Waals surface area contributed by atoms with E-state index in [-0.39, 0.29) is 30.0 Å². The van der Waals surface area contributed by atoms with Gasteiger partial charge in [-0.05, 0) is 68.0 Å². The summed E-state index contributed by atoms with van der Waals surface area (Å²) in [7, 11) is 5.14. The Kier molecular flexibility index (Phi) is 10.9. The Balaban J connectivity index is 0.00000363. The first-order chi connectivity index (χ1) is 15.1. The summed E-state index contributed by atoms with van der Waals surface area (Å²) in [5, 5.41) is 6.95. The highest BCUT2D eigenvalue weighted by atomic mass is 127. The predicted molar refractivity (Wildman–Crippen MR) is 144 cm³/mol. The smallest absolute Gasteiger partial charge is 0.191 e. The van der Waals surface area contributed by atoms with Gasteiger partial charge in [0, 0.05) is 32.4 Å². The van der Waals surface area contributed by atoms with E-state index in [1.165, 1.54) is 29.7 Å². The number of nitrogens with zero attached hydrogens (tertiary/aromatic N) is 2. The Morgan fingerprint density at radius 1 is 1.06 bits per heavy atom. The van der Waals surface area contributed by atoms with Gasteiger partial charge in [-0.25, -0.2) is 0 Å². The zero-order valence-electron chi connectivity index (χ0n) is 19.7. The number of hydrogen-bond donors (Lipinski definition) is 2. The summed E-state index contributed by atoms with van der Waals surface area (Å²) in [6.07, 6.45) is 4.53.